The van der Waals surface area contributed by atoms with Gasteiger partial charge in [-0.15, -0.1) is 0 Å². The lowest BCUT2D eigenvalue weighted by molar-refractivity contribution is 0.250. The SMILES string of the molecule is CC(CCN)N1CCCC1. The predicted molar refractivity (Wildman–Crippen MR) is 43.9 cm³/mol. The van der Waals surface area contributed by atoms with Crippen LogP contribution in [0.2, 0.25) is 0 Å². The van der Waals surface area contributed by atoms with Gasteiger partial charge in [-0.1, -0.05) is 0 Å². The van der Waals surface area contributed by atoms with E-state index in [1.165, 1.54) is 25.9 Å². The molecule has 0 aromatic heterocycles. The number of rotatable bonds is 3. The highest BCUT2D eigenvalue weighted by atomic mass is 15.2. The maximum Gasteiger partial charge on any atom is 0.00789 e. The Hall–Kier alpha value is -0.0800. The van der Waals surface area contributed by atoms with E-state index in [2.05, 4.69) is 11.8 Å². The van der Waals surface area contributed by atoms with Crippen LogP contribution in [0, 0.1) is 0 Å². The van der Waals surface area contributed by atoms with Gasteiger partial charge >= 0.3 is 0 Å². The second kappa shape index (κ2) is 3.94. The zero-order chi connectivity index (χ0) is 7.40. The van der Waals surface area contributed by atoms with Crippen molar-refractivity contribution < 1.29 is 0 Å². The summed E-state index contributed by atoms with van der Waals surface area (Å²) in [5.74, 6) is 0. The third-order valence-electron chi connectivity index (χ3n) is 2.35. The van der Waals surface area contributed by atoms with Gasteiger partial charge in [-0.25, -0.2) is 0 Å². The van der Waals surface area contributed by atoms with E-state index in [0.717, 1.165) is 13.0 Å². The standard InChI is InChI=1S/C8H18N2/c1-8(4-5-9)10-6-2-3-7-10/h8H,2-7,9H2,1H3. The largest absolute Gasteiger partial charge is 0.330 e. The summed E-state index contributed by atoms with van der Waals surface area (Å²) in [7, 11) is 0. The second-order valence-electron chi connectivity index (χ2n) is 3.17. The predicted octanol–water partition coefficient (Wildman–Crippen LogP) is 0.819. The molecule has 1 fully saturated rings. The van der Waals surface area contributed by atoms with Crippen LogP contribution < -0.4 is 5.73 Å². The van der Waals surface area contributed by atoms with E-state index in [-0.39, 0.29) is 0 Å². The van der Waals surface area contributed by atoms with Crippen molar-refractivity contribution in [2.45, 2.75) is 32.2 Å². The molecule has 0 aliphatic carbocycles. The molecular weight excluding hydrogens is 124 g/mol. The van der Waals surface area contributed by atoms with Gasteiger partial charge < -0.3 is 10.6 Å². The van der Waals surface area contributed by atoms with Crippen molar-refractivity contribution in [3.63, 3.8) is 0 Å². The average molecular weight is 142 g/mol. The van der Waals surface area contributed by atoms with Gasteiger partial charge in [0.2, 0.25) is 0 Å². The number of nitrogens with two attached hydrogens (primary N) is 1. The molecule has 2 heteroatoms. The molecule has 60 valence electrons. The van der Waals surface area contributed by atoms with Gasteiger partial charge in [0.05, 0.1) is 0 Å². The van der Waals surface area contributed by atoms with Crippen molar-refractivity contribution in [1.82, 2.24) is 4.90 Å². The van der Waals surface area contributed by atoms with E-state index in [1.54, 1.807) is 0 Å². The Morgan fingerprint density at radius 2 is 2.00 bits per heavy atom. The Morgan fingerprint density at radius 1 is 1.40 bits per heavy atom. The van der Waals surface area contributed by atoms with Crippen molar-refractivity contribution >= 4 is 0 Å². The van der Waals surface area contributed by atoms with Crippen LogP contribution >= 0.6 is 0 Å². The molecule has 0 bridgehead atoms. The maximum atomic E-state index is 5.47. The minimum atomic E-state index is 0.715. The van der Waals surface area contributed by atoms with E-state index in [1.807, 2.05) is 0 Å². The molecule has 0 aromatic rings. The van der Waals surface area contributed by atoms with Gasteiger partial charge in [-0.2, -0.15) is 0 Å². The van der Waals surface area contributed by atoms with Crippen LogP contribution in [0.4, 0.5) is 0 Å². The summed E-state index contributed by atoms with van der Waals surface area (Å²) in [4.78, 5) is 2.53. The van der Waals surface area contributed by atoms with Gasteiger partial charge in [0, 0.05) is 6.04 Å². The molecule has 2 nitrogen and oxygen atoms in total. The Kier molecular flexibility index (Phi) is 3.16. The van der Waals surface area contributed by atoms with E-state index in [9.17, 15) is 0 Å². The summed E-state index contributed by atoms with van der Waals surface area (Å²) in [5.41, 5.74) is 5.47. The molecule has 1 saturated heterocycles. The summed E-state index contributed by atoms with van der Waals surface area (Å²) in [5, 5.41) is 0. The molecule has 0 amide bonds. The second-order valence-corrected chi connectivity index (χ2v) is 3.17. The lowest BCUT2D eigenvalue weighted by atomic mass is 10.2. The first-order valence-corrected chi connectivity index (χ1v) is 4.28. The molecule has 0 aromatic carbocycles. The van der Waals surface area contributed by atoms with Crippen LogP contribution in [0.25, 0.3) is 0 Å². The van der Waals surface area contributed by atoms with Crippen molar-refractivity contribution in [2.24, 2.45) is 5.73 Å². The van der Waals surface area contributed by atoms with Crippen LogP contribution in [0.5, 0.6) is 0 Å². The molecule has 1 aliphatic heterocycles. The van der Waals surface area contributed by atoms with Crippen LogP contribution in [-0.2, 0) is 0 Å². The number of hydrogen-bond acceptors (Lipinski definition) is 2. The van der Waals surface area contributed by atoms with E-state index >= 15 is 0 Å². The van der Waals surface area contributed by atoms with Gasteiger partial charge in [0.1, 0.15) is 0 Å². The van der Waals surface area contributed by atoms with Gasteiger partial charge in [0.25, 0.3) is 0 Å². The Bertz CT molecular complexity index is 87.3. The van der Waals surface area contributed by atoms with Crippen LogP contribution in [-0.4, -0.2) is 30.6 Å². The topological polar surface area (TPSA) is 29.3 Å². The van der Waals surface area contributed by atoms with Crippen molar-refractivity contribution in [3.8, 4) is 0 Å². The highest BCUT2D eigenvalue weighted by Crippen LogP contribution is 2.12. The molecule has 1 unspecified atom stereocenters. The quantitative estimate of drug-likeness (QED) is 0.632. The summed E-state index contributed by atoms with van der Waals surface area (Å²) in [6.45, 7) is 5.69. The molecule has 0 saturated carbocycles. The summed E-state index contributed by atoms with van der Waals surface area (Å²) in [6, 6.07) is 0.715. The summed E-state index contributed by atoms with van der Waals surface area (Å²) < 4.78 is 0. The minimum Gasteiger partial charge on any atom is -0.330 e. The third-order valence-corrected chi connectivity index (χ3v) is 2.35. The lowest BCUT2D eigenvalue weighted by Gasteiger charge is -2.22. The number of likely N-dealkylation sites (tertiary alicyclic amines) is 1. The van der Waals surface area contributed by atoms with E-state index in [0.29, 0.717) is 6.04 Å². The van der Waals surface area contributed by atoms with Gasteiger partial charge in [0.15, 0.2) is 0 Å². The van der Waals surface area contributed by atoms with Crippen molar-refractivity contribution in [3.05, 3.63) is 0 Å². The zero-order valence-electron chi connectivity index (χ0n) is 6.84. The third kappa shape index (κ3) is 1.96. The Balaban J connectivity index is 2.18. The summed E-state index contributed by atoms with van der Waals surface area (Å²) >= 11 is 0. The normalized spacial score (nSPS) is 23.4. The van der Waals surface area contributed by atoms with E-state index < -0.39 is 0 Å². The highest BCUT2D eigenvalue weighted by Gasteiger charge is 2.16. The molecule has 0 spiro atoms. The number of hydrogen-bond donors (Lipinski definition) is 1. The molecule has 1 rings (SSSR count). The fraction of sp³-hybridized carbons (Fsp3) is 1.00. The first-order valence-electron chi connectivity index (χ1n) is 4.28. The first-order chi connectivity index (χ1) is 4.84. The Morgan fingerprint density at radius 3 is 2.50 bits per heavy atom. The van der Waals surface area contributed by atoms with Crippen molar-refractivity contribution in [2.75, 3.05) is 19.6 Å². The van der Waals surface area contributed by atoms with Crippen LogP contribution in [0.1, 0.15) is 26.2 Å². The van der Waals surface area contributed by atoms with Crippen LogP contribution in [0.15, 0.2) is 0 Å². The molecular formula is C8H18N2. The Labute approximate surface area is 63.4 Å². The lowest BCUT2D eigenvalue weighted by Crippen LogP contribution is -2.31. The molecule has 0 radical (unpaired) electrons. The maximum absolute atomic E-state index is 5.47. The fourth-order valence-electron chi connectivity index (χ4n) is 1.61. The number of nitrogens with zero attached hydrogens (tertiary/aromatic N) is 1. The smallest absolute Gasteiger partial charge is 0.00789 e. The molecule has 1 atom stereocenters. The first kappa shape index (κ1) is 8.02. The minimum absolute atomic E-state index is 0.715. The van der Waals surface area contributed by atoms with Gasteiger partial charge in [-0.3, -0.25) is 0 Å². The fourth-order valence-corrected chi connectivity index (χ4v) is 1.61. The van der Waals surface area contributed by atoms with Crippen LogP contribution in [0.3, 0.4) is 0 Å². The highest BCUT2D eigenvalue weighted by molar-refractivity contribution is 4.72. The summed E-state index contributed by atoms with van der Waals surface area (Å²) in [6.07, 6.45) is 3.92. The van der Waals surface area contributed by atoms with E-state index in [4.69, 9.17) is 5.73 Å². The van der Waals surface area contributed by atoms with Crippen molar-refractivity contribution in [1.29, 1.82) is 0 Å². The molecule has 10 heavy (non-hydrogen) atoms. The molecule has 1 aliphatic rings. The zero-order valence-corrected chi connectivity index (χ0v) is 6.84. The van der Waals surface area contributed by atoms with Gasteiger partial charge in [-0.05, 0) is 45.8 Å². The molecule has 1 heterocycles. The monoisotopic (exact) mass is 142 g/mol. The average Bonchev–Trinajstić information content (AvgIpc) is 2.38. The molecule has 2 N–H and O–H groups in total.